The maximum Gasteiger partial charge on any atom is 0.144 e. The molecule has 2 atom stereocenters. The number of morpholine rings is 1. The second kappa shape index (κ2) is 6.76. The van der Waals surface area contributed by atoms with E-state index in [1.54, 1.807) is 0 Å². The van der Waals surface area contributed by atoms with Gasteiger partial charge >= 0.3 is 0 Å². The fourth-order valence-corrected chi connectivity index (χ4v) is 3.43. The molecule has 0 bridgehead atoms. The molecule has 2 unspecified atom stereocenters. The summed E-state index contributed by atoms with van der Waals surface area (Å²) in [4.78, 5) is 2.61. The van der Waals surface area contributed by atoms with Crippen LogP contribution >= 0.6 is 0 Å². The fraction of sp³-hybridized carbons (Fsp3) is 0.933. The van der Waals surface area contributed by atoms with Gasteiger partial charge in [0.25, 0.3) is 0 Å². The molecule has 5 nitrogen and oxygen atoms in total. The molecule has 116 valence electrons. The Morgan fingerprint density at radius 3 is 2.95 bits per heavy atom. The van der Waals surface area contributed by atoms with Gasteiger partial charge in [0.1, 0.15) is 5.84 Å². The molecule has 0 aromatic heterocycles. The number of rotatable bonds is 6. The van der Waals surface area contributed by atoms with Crippen LogP contribution in [0.3, 0.4) is 0 Å². The maximum atomic E-state index is 8.77. The number of oxime groups is 1. The Labute approximate surface area is 122 Å². The molecule has 5 heteroatoms. The molecule has 0 amide bonds. The number of nitrogens with zero attached hydrogens (tertiary/aromatic N) is 2. The van der Waals surface area contributed by atoms with Gasteiger partial charge in [-0.15, -0.1) is 0 Å². The number of hydrogen-bond acceptors (Lipinski definition) is 4. The molecule has 20 heavy (non-hydrogen) atoms. The largest absolute Gasteiger partial charge is 0.409 e. The van der Waals surface area contributed by atoms with Crippen molar-refractivity contribution in [1.82, 2.24) is 4.90 Å². The molecule has 2 aliphatic rings. The molecule has 0 spiro atoms. The van der Waals surface area contributed by atoms with Crippen molar-refractivity contribution in [1.29, 1.82) is 0 Å². The molecular formula is C15H29N3O2. The quantitative estimate of drug-likeness (QED) is 0.258. The summed E-state index contributed by atoms with van der Waals surface area (Å²) in [7, 11) is 0. The second-order valence-corrected chi connectivity index (χ2v) is 6.77. The first-order chi connectivity index (χ1) is 9.54. The number of unbranched alkanes of at least 4 members (excludes halogenated alkanes) is 1. The van der Waals surface area contributed by atoms with Crippen molar-refractivity contribution in [3.05, 3.63) is 0 Å². The summed E-state index contributed by atoms with van der Waals surface area (Å²) in [5.74, 6) is 0.333. The Morgan fingerprint density at radius 2 is 2.20 bits per heavy atom. The predicted octanol–water partition coefficient (Wildman–Crippen LogP) is 2.18. The van der Waals surface area contributed by atoms with Crippen molar-refractivity contribution < 1.29 is 9.94 Å². The van der Waals surface area contributed by atoms with E-state index in [-0.39, 0.29) is 5.41 Å². The van der Waals surface area contributed by atoms with Crippen molar-refractivity contribution in [2.24, 2.45) is 16.3 Å². The van der Waals surface area contributed by atoms with Crippen molar-refractivity contribution >= 4 is 5.84 Å². The van der Waals surface area contributed by atoms with Crippen LogP contribution in [0.25, 0.3) is 0 Å². The molecule has 1 heterocycles. The minimum Gasteiger partial charge on any atom is -0.409 e. The highest BCUT2D eigenvalue weighted by atomic mass is 16.5. The Morgan fingerprint density at radius 1 is 1.40 bits per heavy atom. The van der Waals surface area contributed by atoms with E-state index in [4.69, 9.17) is 15.7 Å². The van der Waals surface area contributed by atoms with E-state index in [1.165, 1.54) is 25.7 Å². The predicted molar refractivity (Wildman–Crippen MR) is 80.0 cm³/mol. The number of fused-ring (bicyclic) bond motifs is 1. The van der Waals surface area contributed by atoms with Crippen LogP contribution in [0.5, 0.6) is 0 Å². The summed E-state index contributed by atoms with van der Waals surface area (Å²) < 4.78 is 5.84. The zero-order valence-electron chi connectivity index (χ0n) is 12.8. The third kappa shape index (κ3) is 3.64. The Kier molecular flexibility index (Phi) is 5.27. The van der Waals surface area contributed by atoms with Gasteiger partial charge in [0.15, 0.2) is 0 Å². The van der Waals surface area contributed by atoms with Crippen LogP contribution in [0.15, 0.2) is 5.16 Å². The van der Waals surface area contributed by atoms with E-state index in [9.17, 15) is 0 Å². The van der Waals surface area contributed by atoms with Gasteiger partial charge in [-0.25, -0.2) is 0 Å². The highest BCUT2D eigenvalue weighted by molar-refractivity contribution is 5.85. The minimum absolute atomic E-state index is 0.213. The molecule has 3 N–H and O–H groups in total. The third-order valence-electron chi connectivity index (χ3n) is 4.90. The van der Waals surface area contributed by atoms with Crippen LogP contribution in [0.1, 0.15) is 52.4 Å². The molecule has 0 aromatic carbocycles. The Balaban J connectivity index is 1.70. The summed E-state index contributed by atoms with van der Waals surface area (Å²) in [6.45, 7) is 7.17. The molecule has 1 aliphatic heterocycles. The van der Waals surface area contributed by atoms with Crippen LogP contribution in [-0.4, -0.2) is 47.8 Å². The number of ether oxygens (including phenoxy) is 1. The summed E-state index contributed by atoms with van der Waals surface area (Å²) in [5, 5.41) is 11.9. The lowest BCUT2D eigenvalue weighted by molar-refractivity contribution is -0.0559. The lowest BCUT2D eigenvalue weighted by atomic mass is 9.86. The monoisotopic (exact) mass is 283 g/mol. The summed E-state index contributed by atoms with van der Waals surface area (Å²) in [6, 6.07) is 0.654. The Hall–Kier alpha value is -0.810. The summed E-state index contributed by atoms with van der Waals surface area (Å²) in [6.07, 6.45) is 7.56. The molecule has 1 aliphatic carbocycles. The SMILES string of the molecule is CC(C)(CCCCN1CCOC2CCCC21)C(N)=NO. The highest BCUT2D eigenvalue weighted by Crippen LogP contribution is 2.30. The van der Waals surface area contributed by atoms with Crippen molar-refractivity contribution in [2.75, 3.05) is 19.7 Å². The first kappa shape index (κ1) is 15.6. The highest BCUT2D eigenvalue weighted by Gasteiger charge is 2.35. The van der Waals surface area contributed by atoms with Gasteiger partial charge in [-0.05, 0) is 38.6 Å². The fourth-order valence-electron chi connectivity index (χ4n) is 3.43. The third-order valence-corrected chi connectivity index (χ3v) is 4.90. The van der Waals surface area contributed by atoms with Gasteiger partial charge in [0.2, 0.25) is 0 Å². The van der Waals surface area contributed by atoms with E-state index in [0.29, 0.717) is 18.0 Å². The molecule has 2 rings (SSSR count). The van der Waals surface area contributed by atoms with Crippen LogP contribution in [0, 0.1) is 5.41 Å². The second-order valence-electron chi connectivity index (χ2n) is 6.77. The van der Waals surface area contributed by atoms with E-state index < -0.39 is 0 Å². The number of hydrogen-bond donors (Lipinski definition) is 2. The first-order valence-corrected chi connectivity index (χ1v) is 7.88. The molecule has 0 radical (unpaired) electrons. The molecule has 1 saturated carbocycles. The lowest BCUT2D eigenvalue weighted by Crippen LogP contribution is -2.48. The van der Waals surface area contributed by atoms with Gasteiger partial charge in [-0.1, -0.05) is 25.4 Å². The summed E-state index contributed by atoms with van der Waals surface area (Å²) >= 11 is 0. The van der Waals surface area contributed by atoms with Crippen LogP contribution in [0.2, 0.25) is 0 Å². The van der Waals surface area contributed by atoms with Crippen LogP contribution in [0.4, 0.5) is 0 Å². The average molecular weight is 283 g/mol. The van der Waals surface area contributed by atoms with Gasteiger partial charge in [-0.2, -0.15) is 0 Å². The topological polar surface area (TPSA) is 71.1 Å². The van der Waals surface area contributed by atoms with E-state index in [2.05, 4.69) is 10.1 Å². The van der Waals surface area contributed by atoms with Crippen LogP contribution in [-0.2, 0) is 4.74 Å². The number of amidine groups is 1. The van der Waals surface area contributed by atoms with Crippen molar-refractivity contribution in [3.8, 4) is 0 Å². The molecule has 1 saturated heterocycles. The minimum atomic E-state index is -0.213. The van der Waals surface area contributed by atoms with E-state index in [1.807, 2.05) is 13.8 Å². The normalized spacial score (nSPS) is 28.6. The van der Waals surface area contributed by atoms with Gasteiger partial charge in [-0.3, -0.25) is 4.90 Å². The molecule has 0 aromatic rings. The standard InChI is InChI=1S/C15H29N3O2/c1-15(2,14(16)17-19)8-3-4-9-18-10-11-20-13-7-5-6-12(13)18/h12-13,19H,3-11H2,1-2H3,(H2,16,17). The number of nitrogens with two attached hydrogens (primary N) is 1. The van der Waals surface area contributed by atoms with E-state index in [0.717, 1.165) is 32.5 Å². The smallest absolute Gasteiger partial charge is 0.144 e. The average Bonchev–Trinajstić information content (AvgIpc) is 2.91. The lowest BCUT2D eigenvalue weighted by Gasteiger charge is -2.37. The van der Waals surface area contributed by atoms with Gasteiger partial charge in [0, 0.05) is 18.0 Å². The summed E-state index contributed by atoms with van der Waals surface area (Å²) in [5.41, 5.74) is 5.51. The van der Waals surface area contributed by atoms with E-state index >= 15 is 0 Å². The van der Waals surface area contributed by atoms with Crippen molar-refractivity contribution in [2.45, 2.75) is 64.5 Å². The van der Waals surface area contributed by atoms with Gasteiger partial charge in [0.05, 0.1) is 12.7 Å². The van der Waals surface area contributed by atoms with Crippen LogP contribution < -0.4 is 5.73 Å². The first-order valence-electron chi connectivity index (χ1n) is 7.88. The van der Waals surface area contributed by atoms with Gasteiger partial charge < -0.3 is 15.7 Å². The maximum absolute atomic E-state index is 8.77. The molecule has 2 fully saturated rings. The van der Waals surface area contributed by atoms with Crippen molar-refractivity contribution in [3.63, 3.8) is 0 Å². The zero-order chi connectivity index (χ0) is 14.6. The Bertz CT molecular complexity index is 344. The zero-order valence-corrected chi connectivity index (χ0v) is 12.8. The molecular weight excluding hydrogens is 254 g/mol.